The molecular weight excluding hydrogens is 302 g/mol. The Morgan fingerprint density at radius 3 is 2.47 bits per heavy atom. The minimum absolute atomic E-state index is 0.120. The second kappa shape index (κ2) is 4.72. The summed E-state index contributed by atoms with van der Waals surface area (Å²) in [6, 6.07) is 10.2. The van der Waals surface area contributed by atoms with Gasteiger partial charge in [0.15, 0.2) is 0 Å². The van der Waals surface area contributed by atoms with Crippen molar-refractivity contribution in [3.8, 4) is 0 Å². The zero-order chi connectivity index (χ0) is 12.5. The van der Waals surface area contributed by atoms with Gasteiger partial charge in [-0.1, -0.05) is 0 Å². The molecule has 1 aliphatic heterocycles. The molecule has 0 saturated carbocycles. The molecule has 0 aromatic heterocycles. The second-order valence-corrected chi connectivity index (χ2v) is 8.46. The molecule has 0 spiro atoms. The zero-order valence-electron chi connectivity index (χ0n) is 10.0. The minimum atomic E-state index is -3.01. The van der Waals surface area contributed by atoms with Crippen molar-refractivity contribution in [3.05, 3.63) is 40.6 Å². The van der Waals surface area contributed by atoms with Crippen LogP contribution in [0.15, 0.2) is 40.6 Å². The summed E-state index contributed by atoms with van der Waals surface area (Å²) in [4.78, 5) is 0. The predicted octanol–water partition coefficient (Wildman–Crippen LogP) is 2.51. The van der Waals surface area contributed by atoms with Crippen molar-refractivity contribution in [2.75, 3.05) is 7.11 Å². The summed E-state index contributed by atoms with van der Waals surface area (Å²) in [5.41, 5.74) is -0.499. The van der Waals surface area contributed by atoms with E-state index >= 15 is 0 Å². The average molecular weight is 317 g/mol. The second-order valence-electron chi connectivity index (χ2n) is 4.23. The monoisotopic (exact) mass is 318 g/mol. The maximum absolute atomic E-state index is 12.1. The first-order chi connectivity index (χ1) is 7.95. The number of rotatable bonds is 3. The van der Waals surface area contributed by atoms with E-state index in [2.05, 4.69) is 12.1 Å². The van der Waals surface area contributed by atoms with Gasteiger partial charge in [0.05, 0.1) is 0 Å². The zero-order valence-corrected chi connectivity index (χ0v) is 12.7. The van der Waals surface area contributed by atoms with Gasteiger partial charge in [0.25, 0.3) is 0 Å². The van der Waals surface area contributed by atoms with Crippen LogP contribution in [0.2, 0.25) is 0 Å². The number of benzene rings is 1. The molecule has 17 heavy (non-hydrogen) atoms. The summed E-state index contributed by atoms with van der Waals surface area (Å²) in [6.07, 6.45) is 0. The Hall–Kier alpha value is -0.371. The third-order valence-electron chi connectivity index (χ3n) is 2.45. The van der Waals surface area contributed by atoms with Crippen LogP contribution in [0.5, 0.6) is 0 Å². The van der Waals surface area contributed by atoms with Gasteiger partial charge in [-0.2, -0.15) is 0 Å². The van der Waals surface area contributed by atoms with Gasteiger partial charge in [-0.3, -0.25) is 0 Å². The molecule has 5 heteroatoms. The summed E-state index contributed by atoms with van der Waals surface area (Å²) in [5, 5.41) is 0. The summed E-state index contributed by atoms with van der Waals surface area (Å²) in [5.74, 6) is 1.68. The van der Waals surface area contributed by atoms with Gasteiger partial charge in [0, 0.05) is 0 Å². The molecule has 0 N–H and O–H groups in total. The van der Waals surface area contributed by atoms with Crippen molar-refractivity contribution in [3.63, 3.8) is 0 Å². The van der Waals surface area contributed by atoms with Crippen molar-refractivity contribution in [1.29, 1.82) is 0 Å². The molecular formula is C12H15O3PSe. The van der Waals surface area contributed by atoms with Crippen molar-refractivity contribution in [2.45, 2.75) is 19.4 Å². The molecule has 92 valence electrons. The van der Waals surface area contributed by atoms with Crippen molar-refractivity contribution in [1.82, 2.24) is 0 Å². The van der Waals surface area contributed by atoms with Crippen LogP contribution in [-0.2, 0) is 13.6 Å². The average Bonchev–Trinajstić information content (AvgIpc) is 2.51. The van der Waals surface area contributed by atoms with E-state index in [0.717, 1.165) is 4.47 Å². The van der Waals surface area contributed by atoms with Crippen LogP contribution < -0.4 is 4.46 Å². The molecule has 0 saturated heterocycles. The Kier molecular flexibility index (Phi) is 3.63. The third kappa shape index (κ3) is 2.90. The molecule has 0 fully saturated rings. The molecule has 1 unspecified atom stereocenters. The van der Waals surface area contributed by atoms with Gasteiger partial charge >= 0.3 is 108 Å². The molecule has 0 aliphatic carbocycles. The fraction of sp³-hybridized carbons (Fsp3) is 0.333. The van der Waals surface area contributed by atoms with Crippen LogP contribution >= 0.6 is 7.60 Å². The van der Waals surface area contributed by atoms with E-state index in [9.17, 15) is 4.57 Å². The van der Waals surface area contributed by atoms with Crippen LogP contribution in [0.1, 0.15) is 13.8 Å². The summed E-state index contributed by atoms with van der Waals surface area (Å²) < 4.78 is 24.9. The number of hydrogen-bond acceptors (Lipinski definition) is 3. The van der Waals surface area contributed by atoms with Crippen LogP contribution in [0.3, 0.4) is 0 Å². The van der Waals surface area contributed by atoms with Gasteiger partial charge < -0.3 is 0 Å². The molecule has 1 aliphatic rings. The third-order valence-corrected chi connectivity index (χ3v) is 7.44. The predicted molar refractivity (Wildman–Crippen MR) is 69.7 cm³/mol. The first kappa shape index (κ1) is 13.1. The molecule has 2 rings (SSSR count). The van der Waals surface area contributed by atoms with Crippen LogP contribution in [0, 0.1) is 0 Å². The van der Waals surface area contributed by atoms with Crippen molar-refractivity contribution < 1.29 is 13.6 Å². The normalized spacial score (nSPS) is 26.9. The summed E-state index contributed by atoms with van der Waals surface area (Å²) >= 11 is 0.120. The number of hydrogen-bond donors (Lipinski definition) is 0. The first-order valence-corrected chi connectivity index (χ1v) is 8.60. The molecule has 1 atom stereocenters. The Balaban J connectivity index is 2.26. The van der Waals surface area contributed by atoms with E-state index in [1.54, 1.807) is 5.82 Å². The van der Waals surface area contributed by atoms with E-state index in [-0.39, 0.29) is 15.0 Å². The first-order valence-electron chi connectivity index (χ1n) is 5.28. The van der Waals surface area contributed by atoms with Gasteiger partial charge in [-0.25, -0.2) is 0 Å². The van der Waals surface area contributed by atoms with Gasteiger partial charge in [0.1, 0.15) is 0 Å². The molecule has 3 nitrogen and oxygen atoms in total. The summed E-state index contributed by atoms with van der Waals surface area (Å²) in [6.45, 7) is 3.87. The van der Waals surface area contributed by atoms with Crippen LogP contribution in [-0.4, -0.2) is 27.7 Å². The summed E-state index contributed by atoms with van der Waals surface area (Å²) in [7, 11) is -1.59. The fourth-order valence-electron chi connectivity index (χ4n) is 1.54. The Labute approximate surface area is 108 Å². The van der Waals surface area contributed by atoms with E-state index in [4.69, 9.17) is 9.05 Å². The Bertz CT molecular complexity index is 482. The maximum atomic E-state index is 12.1. The molecule has 1 aromatic rings. The molecule has 0 amide bonds. The van der Waals surface area contributed by atoms with Gasteiger partial charge in [-0.15, -0.1) is 0 Å². The van der Waals surface area contributed by atoms with Crippen LogP contribution in [0.4, 0.5) is 0 Å². The van der Waals surface area contributed by atoms with E-state index < -0.39 is 13.2 Å². The fourth-order valence-corrected chi connectivity index (χ4v) is 6.20. The molecule has 0 radical (unpaired) electrons. The van der Waals surface area contributed by atoms with Crippen LogP contribution in [0.25, 0.3) is 0 Å². The van der Waals surface area contributed by atoms with Gasteiger partial charge in [0.2, 0.25) is 0 Å². The Morgan fingerprint density at radius 1 is 1.29 bits per heavy atom. The topological polar surface area (TPSA) is 35.5 Å². The molecule has 1 heterocycles. The van der Waals surface area contributed by atoms with E-state index in [1.807, 2.05) is 32.0 Å². The Morgan fingerprint density at radius 2 is 1.94 bits per heavy atom. The standard InChI is InChI=1S/C12H15O3PSe/c1-12(2)11(9-16(13,14-3)15-12)17-10-7-5-4-6-8-10/h4-9H,1-3H3. The quantitative estimate of drug-likeness (QED) is 0.635. The van der Waals surface area contributed by atoms with Crippen molar-refractivity contribution >= 4 is 27.0 Å². The molecule has 0 bridgehead atoms. The van der Waals surface area contributed by atoms with Crippen molar-refractivity contribution in [2.24, 2.45) is 0 Å². The van der Waals surface area contributed by atoms with Gasteiger partial charge in [-0.05, 0) is 0 Å². The SMILES string of the molecule is COP1(=O)C=C([Se]c2ccccc2)C(C)(C)O1. The van der Waals surface area contributed by atoms with E-state index in [1.165, 1.54) is 11.6 Å². The molecule has 1 aromatic carbocycles. The van der Waals surface area contributed by atoms with E-state index in [0.29, 0.717) is 0 Å².